The van der Waals surface area contributed by atoms with Crippen LogP contribution in [0.25, 0.3) is 0 Å². The van der Waals surface area contributed by atoms with Crippen molar-refractivity contribution in [2.24, 2.45) is 0 Å². The number of thioether (sulfide) groups is 1. The molecule has 1 saturated heterocycles. The van der Waals surface area contributed by atoms with E-state index in [0.29, 0.717) is 17.7 Å². The Balaban J connectivity index is 2.26. The molecule has 7 heteroatoms. The van der Waals surface area contributed by atoms with E-state index in [-0.39, 0.29) is 16.4 Å². The van der Waals surface area contributed by atoms with Crippen LogP contribution >= 0.6 is 11.8 Å². The molecule has 1 aromatic rings. The van der Waals surface area contributed by atoms with Gasteiger partial charge in [0.1, 0.15) is 5.56 Å². The fourth-order valence-corrected chi connectivity index (χ4v) is 2.88. The molecular weight excluding hydrogens is 268 g/mol. The zero-order chi connectivity index (χ0) is 14.0. The number of amides is 1. The van der Waals surface area contributed by atoms with Crippen LogP contribution in [0, 0.1) is 17.0 Å². The first kappa shape index (κ1) is 13.5. The second kappa shape index (κ2) is 5.40. The van der Waals surface area contributed by atoms with E-state index >= 15 is 0 Å². The maximum atomic E-state index is 12.0. The lowest BCUT2D eigenvalue weighted by Gasteiger charge is -2.10. The molecule has 0 bridgehead atoms. The number of hydrogen-bond donors (Lipinski definition) is 1. The summed E-state index contributed by atoms with van der Waals surface area (Å²) < 4.78 is 0. The highest BCUT2D eigenvalue weighted by Gasteiger charge is 2.29. The number of rotatable bonds is 3. The third kappa shape index (κ3) is 2.76. The van der Waals surface area contributed by atoms with E-state index in [9.17, 15) is 19.7 Å². The lowest BCUT2D eigenvalue weighted by atomic mass is 10.1. The van der Waals surface area contributed by atoms with Crippen molar-refractivity contribution >= 4 is 28.5 Å². The molecule has 0 spiro atoms. The minimum Gasteiger partial charge on any atom is -0.341 e. The van der Waals surface area contributed by atoms with Gasteiger partial charge in [0.15, 0.2) is 0 Å². The Morgan fingerprint density at radius 2 is 2.26 bits per heavy atom. The summed E-state index contributed by atoms with van der Waals surface area (Å²) in [6.07, 6.45) is 0.564. The molecule has 1 unspecified atom stereocenters. The van der Waals surface area contributed by atoms with Gasteiger partial charge in [-0.1, -0.05) is 23.9 Å². The third-order valence-corrected chi connectivity index (χ3v) is 3.91. The summed E-state index contributed by atoms with van der Waals surface area (Å²) in [5.41, 5.74) is 0.206. The number of carbonyl (C=O) groups is 2. The molecule has 1 atom stereocenters. The largest absolute Gasteiger partial charge is 0.341 e. The summed E-state index contributed by atoms with van der Waals surface area (Å²) in [6, 6.07) is 4.01. The van der Waals surface area contributed by atoms with Crippen molar-refractivity contribution in [2.75, 3.05) is 5.75 Å². The maximum absolute atomic E-state index is 12.0. The van der Waals surface area contributed by atoms with Crippen molar-refractivity contribution in [3.05, 3.63) is 39.4 Å². The minimum atomic E-state index is -0.574. The van der Waals surface area contributed by atoms with Gasteiger partial charge >= 0.3 is 0 Å². The smallest absolute Gasteiger partial charge is 0.285 e. The first-order chi connectivity index (χ1) is 9.00. The van der Waals surface area contributed by atoms with Crippen LogP contribution in [-0.4, -0.2) is 27.7 Å². The summed E-state index contributed by atoms with van der Waals surface area (Å²) in [4.78, 5) is 33.9. The number of para-hydroxylation sites is 1. The zero-order valence-corrected chi connectivity index (χ0v) is 11.0. The Kier molecular flexibility index (Phi) is 3.84. The van der Waals surface area contributed by atoms with Gasteiger partial charge in [0.2, 0.25) is 5.12 Å². The molecular formula is C12H12N2O4S. The van der Waals surface area contributed by atoms with Crippen LogP contribution in [-0.2, 0) is 4.79 Å². The number of carbonyl (C=O) groups excluding carboxylic acids is 2. The quantitative estimate of drug-likeness (QED) is 0.672. The molecule has 6 nitrogen and oxygen atoms in total. The van der Waals surface area contributed by atoms with Crippen molar-refractivity contribution < 1.29 is 14.5 Å². The van der Waals surface area contributed by atoms with Gasteiger partial charge in [0.25, 0.3) is 11.6 Å². The van der Waals surface area contributed by atoms with Crippen LogP contribution in [0.1, 0.15) is 22.3 Å². The number of benzene rings is 1. The standard InChI is InChI=1S/C12H12N2O4S/c1-7-3-2-4-8(10(7)14(17)18)11(15)13-9-5-6-19-12(9)16/h2-4,9H,5-6H2,1H3,(H,13,15). The summed E-state index contributed by atoms with van der Waals surface area (Å²) in [5.74, 6) is 0.0934. The average Bonchev–Trinajstić information content (AvgIpc) is 2.74. The van der Waals surface area contributed by atoms with Crippen molar-refractivity contribution in [2.45, 2.75) is 19.4 Å². The van der Waals surface area contributed by atoms with Gasteiger partial charge < -0.3 is 5.32 Å². The van der Waals surface area contributed by atoms with E-state index in [0.717, 1.165) is 0 Å². The Morgan fingerprint density at radius 1 is 1.53 bits per heavy atom. The van der Waals surface area contributed by atoms with Crippen LogP contribution in [0.2, 0.25) is 0 Å². The molecule has 1 aliphatic rings. The Bertz CT molecular complexity index is 559. The van der Waals surface area contributed by atoms with Crippen LogP contribution in [0.3, 0.4) is 0 Å². The minimum absolute atomic E-state index is 0.00491. The second-order valence-electron chi connectivity index (χ2n) is 4.21. The SMILES string of the molecule is Cc1cccc(C(=O)NC2CCSC2=O)c1[N+](=O)[O-]. The van der Waals surface area contributed by atoms with Crippen LogP contribution in [0.4, 0.5) is 5.69 Å². The van der Waals surface area contributed by atoms with Gasteiger partial charge in [-0.25, -0.2) is 0 Å². The summed E-state index contributed by atoms with van der Waals surface area (Å²) in [5, 5.41) is 13.5. The summed E-state index contributed by atoms with van der Waals surface area (Å²) in [7, 11) is 0. The summed E-state index contributed by atoms with van der Waals surface area (Å²) in [6.45, 7) is 1.57. The molecule has 1 amide bonds. The normalized spacial score (nSPS) is 18.4. The molecule has 0 aromatic heterocycles. The topological polar surface area (TPSA) is 89.3 Å². The Labute approximate surface area is 113 Å². The predicted molar refractivity (Wildman–Crippen MR) is 71.2 cm³/mol. The zero-order valence-electron chi connectivity index (χ0n) is 10.2. The average molecular weight is 280 g/mol. The van der Waals surface area contributed by atoms with Crippen molar-refractivity contribution in [3.8, 4) is 0 Å². The van der Waals surface area contributed by atoms with Gasteiger partial charge in [-0.2, -0.15) is 0 Å². The van der Waals surface area contributed by atoms with Crippen LogP contribution in [0.15, 0.2) is 18.2 Å². The monoisotopic (exact) mass is 280 g/mol. The van der Waals surface area contributed by atoms with Gasteiger partial charge in [0.05, 0.1) is 11.0 Å². The number of nitrogens with one attached hydrogen (secondary N) is 1. The molecule has 1 fully saturated rings. The molecule has 0 saturated carbocycles. The molecule has 1 aromatic carbocycles. The third-order valence-electron chi connectivity index (χ3n) is 2.91. The van der Waals surface area contributed by atoms with Crippen LogP contribution < -0.4 is 5.32 Å². The fourth-order valence-electron chi connectivity index (χ4n) is 1.95. The van der Waals surface area contributed by atoms with E-state index in [2.05, 4.69) is 5.32 Å². The molecule has 100 valence electrons. The highest BCUT2D eigenvalue weighted by atomic mass is 32.2. The molecule has 1 N–H and O–H groups in total. The fraction of sp³-hybridized carbons (Fsp3) is 0.333. The van der Waals surface area contributed by atoms with E-state index in [1.54, 1.807) is 19.1 Å². The van der Waals surface area contributed by atoms with E-state index < -0.39 is 16.9 Å². The van der Waals surface area contributed by atoms with Crippen molar-refractivity contribution in [1.82, 2.24) is 5.32 Å². The van der Waals surface area contributed by atoms with Gasteiger partial charge in [-0.3, -0.25) is 19.7 Å². The lowest BCUT2D eigenvalue weighted by Crippen LogP contribution is -2.37. The highest BCUT2D eigenvalue weighted by Crippen LogP contribution is 2.24. The molecule has 1 aliphatic heterocycles. The molecule has 2 rings (SSSR count). The van der Waals surface area contributed by atoms with Crippen LogP contribution in [0.5, 0.6) is 0 Å². The molecule has 1 heterocycles. The number of hydrogen-bond acceptors (Lipinski definition) is 5. The number of nitro groups is 1. The van der Waals surface area contributed by atoms with Crippen molar-refractivity contribution in [1.29, 1.82) is 0 Å². The molecule has 0 aliphatic carbocycles. The predicted octanol–water partition coefficient (Wildman–Crippen LogP) is 1.67. The van der Waals surface area contributed by atoms with Crippen molar-refractivity contribution in [3.63, 3.8) is 0 Å². The number of nitrogens with zero attached hydrogens (tertiary/aromatic N) is 1. The van der Waals surface area contributed by atoms with Gasteiger partial charge in [-0.15, -0.1) is 0 Å². The number of aryl methyl sites for hydroxylation is 1. The molecule has 19 heavy (non-hydrogen) atoms. The first-order valence-corrected chi connectivity index (χ1v) is 6.71. The van der Waals surface area contributed by atoms with Gasteiger partial charge in [-0.05, 0) is 19.4 Å². The van der Waals surface area contributed by atoms with E-state index in [1.807, 2.05) is 0 Å². The first-order valence-electron chi connectivity index (χ1n) is 5.72. The summed E-state index contributed by atoms with van der Waals surface area (Å²) >= 11 is 1.17. The lowest BCUT2D eigenvalue weighted by molar-refractivity contribution is -0.385. The van der Waals surface area contributed by atoms with Gasteiger partial charge in [0, 0.05) is 11.3 Å². The Hall–Kier alpha value is -1.89. The molecule has 0 radical (unpaired) electrons. The maximum Gasteiger partial charge on any atom is 0.285 e. The van der Waals surface area contributed by atoms with E-state index in [4.69, 9.17) is 0 Å². The number of nitro benzene ring substituents is 1. The second-order valence-corrected chi connectivity index (χ2v) is 5.31. The van der Waals surface area contributed by atoms with E-state index in [1.165, 1.54) is 17.8 Å². The Morgan fingerprint density at radius 3 is 2.84 bits per heavy atom. The highest BCUT2D eigenvalue weighted by molar-refractivity contribution is 8.14.